The summed E-state index contributed by atoms with van der Waals surface area (Å²) in [5.74, 6) is 0. The summed E-state index contributed by atoms with van der Waals surface area (Å²) in [5.41, 5.74) is 4.44. The molecule has 2 heterocycles. The third-order valence-corrected chi connectivity index (χ3v) is 6.13. The molecule has 0 aliphatic rings. The molecule has 7 aromatic rings. The van der Waals surface area contributed by atoms with Gasteiger partial charge in [0, 0.05) is 16.2 Å². The van der Waals surface area contributed by atoms with Crippen molar-refractivity contribution in [3.63, 3.8) is 0 Å². The van der Waals surface area contributed by atoms with E-state index in [1.807, 2.05) is 0 Å². The zero-order chi connectivity index (χ0) is 18.9. The predicted molar refractivity (Wildman–Crippen MR) is 123 cm³/mol. The molecule has 2 aromatic heterocycles. The second kappa shape index (κ2) is 5.33. The Labute approximate surface area is 166 Å². The Morgan fingerprint density at radius 1 is 0.517 bits per heavy atom. The van der Waals surface area contributed by atoms with E-state index in [9.17, 15) is 0 Å². The summed E-state index contributed by atoms with van der Waals surface area (Å²) in [6.07, 6.45) is 0. The van der Waals surface area contributed by atoms with Crippen LogP contribution in [0.25, 0.3) is 59.9 Å². The van der Waals surface area contributed by atoms with E-state index in [2.05, 4.69) is 101 Å². The fourth-order valence-electron chi connectivity index (χ4n) is 4.87. The molecule has 0 bridgehead atoms. The van der Waals surface area contributed by atoms with Gasteiger partial charge in [-0.05, 0) is 33.7 Å². The lowest BCUT2D eigenvalue weighted by Gasteiger charge is -2.13. The number of para-hydroxylation sites is 2. The fourth-order valence-corrected chi connectivity index (χ4v) is 4.87. The van der Waals surface area contributed by atoms with Gasteiger partial charge in [0.05, 0.1) is 16.6 Å². The van der Waals surface area contributed by atoms with Gasteiger partial charge in [-0.25, -0.2) is 4.98 Å². The van der Waals surface area contributed by atoms with Crippen LogP contribution >= 0.6 is 0 Å². The van der Waals surface area contributed by atoms with Gasteiger partial charge in [0.2, 0.25) is 0 Å². The summed E-state index contributed by atoms with van der Waals surface area (Å²) >= 11 is 0. The number of hydrogen-bond acceptors (Lipinski definition) is 1. The van der Waals surface area contributed by atoms with Gasteiger partial charge in [0.25, 0.3) is 0 Å². The van der Waals surface area contributed by atoms with E-state index < -0.39 is 0 Å². The van der Waals surface area contributed by atoms with Crippen LogP contribution in [0, 0.1) is 0 Å². The van der Waals surface area contributed by atoms with Crippen molar-refractivity contribution in [1.82, 2.24) is 9.38 Å². The first-order chi connectivity index (χ1) is 14.4. The van der Waals surface area contributed by atoms with E-state index in [1.54, 1.807) is 0 Å². The van der Waals surface area contributed by atoms with Crippen LogP contribution in [0.4, 0.5) is 0 Å². The van der Waals surface area contributed by atoms with Gasteiger partial charge in [-0.1, -0.05) is 84.9 Å². The first-order valence-electron chi connectivity index (χ1n) is 9.92. The Morgan fingerprint density at radius 2 is 1.17 bits per heavy atom. The maximum Gasteiger partial charge on any atom is 0.147 e. The van der Waals surface area contributed by atoms with Crippen molar-refractivity contribution in [1.29, 1.82) is 0 Å². The molecule has 7 rings (SSSR count). The highest BCUT2D eigenvalue weighted by Gasteiger charge is 2.17. The molecular formula is C27H16N2. The average Bonchev–Trinajstić information content (AvgIpc) is 3.17. The number of benzene rings is 5. The molecule has 0 amide bonds. The molecular weight excluding hydrogens is 352 g/mol. The van der Waals surface area contributed by atoms with Crippen LogP contribution in [0.2, 0.25) is 0 Å². The topological polar surface area (TPSA) is 17.3 Å². The minimum Gasteiger partial charge on any atom is -0.291 e. The molecule has 29 heavy (non-hydrogen) atoms. The zero-order valence-corrected chi connectivity index (χ0v) is 15.6. The van der Waals surface area contributed by atoms with Crippen molar-refractivity contribution in [3.05, 3.63) is 97.1 Å². The highest BCUT2D eigenvalue weighted by atomic mass is 15.0. The van der Waals surface area contributed by atoms with Gasteiger partial charge in [-0.2, -0.15) is 0 Å². The molecule has 2 heteroatoms. The summed E-state index contributed by atoms with van der Waals surface area (Å²) in [6.45, 7) is 0. The van der Waals surface area contributed by atoms with Gasteiger partial charge in [-0.15, -0.1) is 0 Å². The Hall–Kier alpha value is -3.91. The van der Waals surface area contributed by atoms with Crippen molar-refractivity contribution in [2.24, 2.45) is 0 Å². The minimum absolute atomic E-state index is 1.03. The molecule has 0 saturated carbocycles. The molecule has 0 fully saturated rings. The lowest BCUT2D eigenvalue weighted by molar-refractivity contribution is 1.33. The maximum absolute atomic E-state index is 5.11. The Morgan fingerprint density at radius 3 is 2.03 bits per heavy atom. The monoisotopic (exact) mass is 368 g/mol. The molecule has 0 unspecified atom stereocenters. The summed E-state index contributed by atoms with van der Waals surface area (Å²) < 4.78 is 2.36. The molecule has 134 valence electrons. The van der Waals surface area contributed by atoms with Crippen molar-refractivity contribution in [3.8, 4) is 0 Å². The van der Waals surface area contributed by atoms with Gasteiger partial charge in [-0.3, -0.25) is 4.40 Å². The quantitative estimate of drug-likeness (QED) is 0.261. The first kappa shape index (κ1) is 15.1. The molecule has 0 N–H and O–H groups in total. The summed E-state index contributed by atoms with van der Waals surface area (Å²) in [4.78, 5) is 5.11. The van der Waals surface area contributed by atoms with Crippen LogP contribution in [0.15, 0.2) is 97.1 Å². The number of hydrogen-bond donors (Lipinski definition) is 0. The fraction of sp³-hybridized carbons (Fsp3) is 0. The Balaban J connectivity index is 1.94. The third-order valence-electron chi connectivity index (χ3n) is 6.13. The van der Waals surface area contributed by atoms with Crippen LogP contribution < -0.4 is 0 Å². The van der Waals surface area contributed by atoms with E-state index in [4.69, 9.17) is 4.98 Å². The summed E-state index contributed by atoms with van der Waals surface area (Å²) in [7, 11) is 0. The SMILES string of the molecule is c1ccc2c(c1)ccc1c3ccc4ccccc4c3n3c4ccccc4nc3c21. The molecule has 0 aliphatic heterocycles. The average molecular weight is 368 g/mol. The number of fused-ring (bicyclic) bond motifs is 12. The van der Waals surface area contributed by atoms with Gasteiger partial charge in [0.15, 0.2) is 0 Å². The number of nitrogens with zero attached hydrogens (tertiary/aromatic N) is 2. The summed E-state index contributed by atoms with van der Waals surface area (Å²) in [5, 5.41) is 8.75. The smallest absolute Gasteiger partial charge is 0.147 e. The minimum atomic E-state index is 1.03. The molecule has 0 spiro atoms. The summed E-state index contributed by atoms with van der Waals surface area (Å²) in [6, 6.07) is 34.7. The molecule has 0 saturated heterocycles. The highest BCUT2D eigenvalue weighted by molar-refractivity contribution is 6.26. The van der Waals surface area contributed by atoms with Crippen LogP contribution in [0.3, 0.4) is 0 Å². The molecule has 0 radical (unpaired) electrons. The molecule has 2 nitrogen and oxygen atoms in total. The van der Waals surface area contributed by atoms with Crippen LogP contribution in [0.5, 0.6) is 0 Å². The first-order valence-corrected chi connectivity index (χ1v) is 9.92. The Kier molecular flexibility index (Phi) is 2.77. The number of pyridine rings is 1. The largest absolute Gasteiger partial charge is 0.291 e. The van der Waals surface area contributed by atoms with E-state index in [1.165, 1.54) is 43.2 Å². The number of rotatable bonds is 0. The number of aromatic nitrogens is 2. The van der Waals surface area contributed by atoms with Crippen molar-refractivity contribution >= 4 is 59.9 Å². The van der Waals surface area contributed by atoms with Gasteiger partial charge < -0.3 is 0 Å². The van der Waals surface area contributed by atoms with Crippen LogP contribution in [-0.2, 0) is 0 Å². The standard InChI is InChI=1S/C27H16N2/c1-3-9-19-17(7-1)13-15-21-22-16-14-18-8-2-4-10-20(18)26(22)29-24-12-6-5-11-23(24)28-27(29)25(19)21/h1-16H. The molecule has 0 aliphatic carbocycles. The van der Waals surface area contributed by atoms with Crippen LogP contribution in [-0.4, -0.2) is 9.38 Å². The molecule has 5 aromatic carbocycles. The lowest BCUT2D eigenvalue weighted by atomic mass is 9.97. The van der Waals surface area contributed by atoms with Crippen molar-refractivity contribution < 1.29 is 0 Å². The van der Waals surface area contributed by atoms with Gasteiger partial charge in [0.1, 0.15) is 5.65 Å². The highest BCUT2D eigenvalue weighted by Crippen LogP contribution is 2.38. The lowest BCUT2D eigenvalue weighted by Crippen LogP contribution is -1.93. The normalized spacial score (nSPS) is 12.1. The Bertz CT molecular complexity index is 1760. The zero-order valence-electron chi connectivity index (χ0n) is 15.6. The van der Waals surface area contributed by atoms with Crippen molar-refractivity contribution in [2.45, 2.75) is 0 Å². The van der Waals surface area contributed by atoms with Gasteiger partial charge >= 0.3 is 0 Å². The number of imidazole rings is 1. The van der Waals surface area contributed by atoms with E-state index in [-0.39, 0.29) is 0 Å². The van der Waals surface area contributed by atoms with Crippen molar-refractivity contribution in [2.75, 3.05) is 0 Å². The second-order valence-electron chi connectivity index (χ2n) is 7.65. The van der Waals surface area contributed by atoms with E-state index in [0.29, 0.717) is 0 Å². The predicted octanol–water partition coefficient (Wildman–Crippen LogP) is 7.10. The maximum atomic E-state index is 5.11. The van der Waals surface area contributed by atoms with E-state index >= 15 is 0 Å². The third kappa shape index (κ3) is 1.88. The van der Waals surface area contributed by atoms with E-state index in [0.717, 1.165) is 16.7 Å². The van der Waals surface area contributed by atoms with Crippen LogP contribution in [0.1, 0.15) is 0 Å². The molecule has 0 atom stereocenters. The second-order valence-corrected chi connectivity index (χ2v) is 7.65.